The fourth-order valence-electron chi connectivity index (χ4n) is 1.68. The third-order valence-corrected chi connectivity index (χ3v) is 2.51. The van der Waals surface area contributed by atoms with Crippen molar-refractivity contribution in [3.05, 3.63) is 42.0 Å². The molecule has 0 radical (unpaired) electrons. The Morgan fingerprint density at radius 3 is 2.56 bits per heavy atom. The number of amides is 1. The number of rotatable bonds is 1. The first kappa shape index (κ1) is 10.5. The van der Waals surface area contributed by atoms with E-state index in [-0.39, 0.29) is 0 Å². The van der Waals surface area contributed by atoms with Crippen LogP contribution in [0.2, 0.25) is 0 Å². The van der Waals surface area contributed by atoms with Crippen LogP contribution in [0.15, 0.2) is 36.4 Å². The number of hydrogen-bond donors (Lipinski definition) is 1. The first-order chi connectivity index (χ1) is 7.72. The molecule has 2 aromatic rings. The van der Waals surface area contributed by atoms with Crippen LogP contribution >= 0.6 is 0 Å². The molecular weight excluding hydrogens is 202 g/mol. The average Bonchev–Trinajstić information content (AvgIpc) is 2.30. The first-order valence-electron chi connectivity index (χ1n) is 5.10. The third-order valence-electron chi connectivity index (χ3n) is 2.51. The van der Waals surface area contributed by atoms with Crippen molar-refractivity contribution in [1.29, 1.82) is 0 Å². The molecule has 2 aromatic carbocycles. The van der Waals surface area contributed by atoms with Gasteiger partial charge in [0, 0.05) is 12.4 Å². The SMILES string of the molecule is CNC(=O)Oc1cccc2c(C)cccc12. The summed E-state index contributed by atoms with van der Waals surface area (Å²) in [6.07, 6.45) is -0.450. The molecule has 0 heterocycles. The average molecular weight is 215 g/mol. The van der Waals surface area contributed by atoms with Crippen molar-refractivity contribution in [2.75, 3.05) is 7.05 Å². The molecule has 0 saturated carbocycles. The predicted molar refractivity (Wildman–Crippen MR) is 63.8 cm³/mol. The lowest BCUT2D eigenvalue weighted by atomic mass is 10.1. The fourth-order valence-corrected chi connectivity index (χ4v) is 1.68. The van der Waals surface area contributed by atoms with Crippen LogP contribution in [0.3, 0.4) is 0 Å². The Hall–Kier alpha value is -2.03. The summed E-state index contributed by atoms with van der Waals surface area (Å²) in [6, 6.07) is 11.6. The Labute approximate surface area is 94.0 Å². The Morgan fingerprint density at radius 1 is 1.12 bits per heavy atom. The fraction of sp³-hybridized carbons (Fsp3) is 0.154. The summed E-state index contributed by atoms with van der Waals surface area (Å²) >= 11 is 0. The maximum absolute atomic E-state index is 11.2. The number of fused-ring (bicyclic) bond motifs is 1. The van der Waals surface area contributed by atoms with Crippen molar-refractivity contribution < 1.29 is 9.53 Å². The van der Waals surface area contributed by atoms with Crippen LogP contribution in [0.25, 0.3) is 10.8 Å². The van der Waals surface area contributed by atoms with Gasteiger partial charge in [0.05, 0.1) is 0 Å². The summed E-state index contributed by atoms with van der Waals surface area (Å²) in [6.45, 7) is 2.03. The van der Waals surface area contributed by atoms with Gasteiger partial charge in [-0.05, 0) is 23.9 Å². The van der Waals surface area contributed by atoms with E-state index >= 15 is 0 Å². The van der Waals surface area contributed by atoms with Crippen LogP contribution in [-0.4, -0.2) is 13.1 Å². The lowest BCUT2D eigenvalue weighted by molar-refractivity contribution is 0.203. The summed E-state index contributed by atoms with van der Waals surface area (Å²) in [5.74, 6) is 0.584. The van der Waals surface area contributed by atoms with E-state index in [2.05, 4.69) is 5.32 Å². The number of carbonyl (C=O) groups is 1. The molecule has 3 nitrogen and oxygen atoms in total. The molecular formula is C13H13NO2. The van der Waals surface area contributed by atoms with Gasteiger partial charge in [-0.1, -0.05) is 30.3 Å². The number of carbonyl (C=O) groups excluding carboxylic acids is 1. The van der Waals surface area contributed by atoms with E-state index < -0.39 is 6.09 Å². The molecule has 0 aliphatic heterocycles. The molecule has 16 heavy (non-hydrogen) atoms. The monoisotopic (exact) mass is 215 g/mol. The van der Waals surface area contributed by atoms with Gasteiger partial charge in [0.15, 0.2) is 0 Å². The number of hydrogen-bond acceptors (Lipinski definition) is 2. The van der Waals surface area contributed by atoms with E-state index in [4.69, 9.17) is 4.74 Å². The third kappa shape index (κ3) is 1.84. The molecule has 82 valence electrons. The summed E-state index contributed by atoms with van der Waals surface area (Å²) < 4.78 is 5.18. The van der Waals surface area contributed by atoms with Gasteiger partial charge < -0.3 is 10.1 Å². The summed E-state index contributed by atoms with van der Waals surface area (Å²) in [4.78, 5) is 11.2. The van der Waals surface area contributed by atoms with Gasteiger partial charge in [-0.15, -0.1) is 0 Å². The molecule has 0 aliphatic rings. The molecule has 2 rings (SSSR count). The molecule has 0 bridgehead atoms. The van der Waals surface area contributed by atoms with Crippen molar-refractivity contribution >= 4 is 16.9 Å². The number of nitrogens with one attached hydrogen (secondary N) is 1. The van der Waals surface area contributed by atoms with E-state index in [0.717, 1.165) is 10.8 Å². The highest BCUT2D eigenvalue weighted by Gasteiger charge is 2.06. The Kier molecular flexibility index (Phi) is 2.77. The van der Waals surface area contributed by atoms with E-state index in [1.807, 2.05) is 37.3 Å². The second-order valence-corrected chi connectivity index (χ2v) is 3.57. The van der Waals surface area contributed by atoms with Crippen LogP contribution in [0.4, 0.5) is 4.79 Å². The molecule has 1 amide bonds. The molecule has 1 N–H and O–H groups in total. The molecule has 0 spiro atoms. The maximum Gasteiger partial charge on any atom is 0.412 e. The van der Waals surface area contributed by atoms with Crippen molar-refractivity contribution in [3.8, 4) is 5.75 Å². The van der Waals surface area contributed by atoms with E-state index in [1.165, 1.54) is 5.56 Å². The predicted octanol–water partition coefficient (Wildman–Crippen LogP) is 2.87. The molecule has 0 aromatic heterocycles. The Morgan fingerprint density at radius 2 is 1.81 bits per heavy atom. The van der Waals surface area contributed by atoms with Crippen molar-refractivity contribution in [1.82, 2.24) is 5.32 Å². The molecule has 0 aliphatic carbocycles. The van der Waals surface area contributed by atoms with Crippen molar-refractivity contribution in [2.45, 2.75) is 6.92 Å². The Balaban J connectivity index is 2.54. The molecule has 0 unspecified atom stereocenters. The largest absolute Gasteiger partial charge is 0.412 e. The number of benzene rings is 2. The zero-order valence-corrected chi connectivity index (χ0v) is 9.28. The van der Waals surface area contributed by atoms with E-state index in [9.17, 15) is 4.79 Å². The smallest absolute Gasteiger partial charge is 0.410 e. The molecule has 0 atom stereocenters. The van der Waals surface area contributed by atoms with Gasteiger partial charge in [0.25, 0.3) is 0 Å². The summed E-state index contributed by atoms with van der Waals surface area (Å²) in [7, 11) is 1.54. The van der Waals surface area contributed by atoms with Gasteiger partial charge in [-0.2, -0.15) is 0 Å². The van der Waals surface area contributed by atoms with Gasteiger partial charge >= 0.3 is 6.09 Å². The lowest BCUT2D eigenvalue weighted by Crippen LogP contribution is -2.22. The molecule has 0 fully saturated rings. The maximum atomic E-state index is 11.2. The zero-order valence-electron chi connectivity index (χ0n) is 9.28. The Bertz CT molecular complexity index is 534. The van der Waals surface area contributed by atoms with Gasteiger partial charge in [0.2, 0.25) is 0 Å². The molecule has 0 saturated heterocycles. The highest BCUT2D eigenvalue weighted by molar-refractivity contribution is 5.92. The van der Waals surface area contributed by atoms with Gasteiger partial charge in [0.1, 0.15) is 5.75 Å². The second-order valence-electron chi connectivity index (χ2n) is 3.57. The minimum atomic E-state index is -0.450. The summed E-state index contributed by atoms with van der Waals surface area (Å²) in [5.41, 5.74) is 1.17. The minimum Gasteiger partial charge on any atom is -0.410 e. The van der Waals surface area contributed by atoms with E-state index in [1.54, 1.807) is 13.1 Å². The highest BCUT2D eigenvalue weighted by Crippen LogP contribution is 2.27. The van der Waals surface area contributed by atoms with Crippen LogP contribution in [-0.2, 0) is 0 Å². The first-order valence-corrected chi connectivity index (χ1v) is 5.10. The van der Waals surface area contributed by atoms with Crippen molar-refractivity contribution in [3.63, 3.8) is 0 Å². The molecule has 3 heteroatoms. The number of aryl methyl sites for hydroxylation is 1. The van der Waals surface area contributed by atoms with Crippen LogP contribution < -0.4 is 10.1 Å². The lowest BCUT2D eigenvalue weighted by Gasteiger charge is -2.08. The standard InChI is InChI=1S/C13H13NO2/c1-9-5-3-7-11-10(9)6-4-8-12(11)16-13(15)14-2/h3-8H,1-2H3,(H,14,15). The second kappa shape index (κ2) is 4.23. The quantitative estimate of drug-likeness (QED) is 0.794. The van der Waals surface area contributed by atoms with Crippen molar-refractivity contribution in [2.24, 2.45) is 0 Å². The highest BCUT2D eigenvalue weighted by atomic mass is 16.6. The normalized spacial score (nSPS) is 10.1. The van der Waals surface area contributed by atoms with Crippen LogP contribution in [0, 0.1) is 6.92 Å². The number of ether oxygens (including phenoxy) is 1. The minimum absolute atomic E-state index is 0.450. The van der Waals surface area contributed by atoms with Crippen LogP contribution in [0.5, 0.6) is 5.75 Å². The van der Waals surface area contributed by atoms with Gasteiger partial charge in [-0.3, -0.25) is 0 Å². The zero-order chi connectivity index (χ0) is 11.5. The van der Waals surface area contributed by atoms with Gasteiger partial charge in [-0.25, -0.2) is 4.79 Å². The topological polar surface area (TPSA) is 38.3 Å². The van der Waals surface area contributed by atoms with E-state index in [0.29, 0.717) is 5.75 Å². The van der Waals surface area contributed by atoms with Crippen LogP contribution in [0.1, 0.15) is 5.56 Å². The summed E-state index contributed by atoms with van der Waals surface area (Å²) in [5, 5.41) is 4.48.